The minimum absolute atomic E-state index is 0.0217. The molecular weight excluding hydrogens is 811 g/mol. The van der Waals surface area contributed by atoms with Gasteiger partial charge in [-0.3, -0.25) is 23.9 Å². The normalized spacial score (nSPS) is 31.5. The number of nitrogens with zero attached hydrogens (tertiary/aromatic N) is 3. The molecule has 1 saturated heterocycles. The minimum atomic E-state index is -4.26. The van der Waals surface area contributed by atoms with E-state index in [4.69, 9.17) is 9.47 Å². The van der Waals surface area contributed by atoms with Crippen LogP contribution in [0.15, 0.2) is 18.2 Å². The molecule has 13 nitrogen and oxygen atoms in total. The summed E-state index contributed by atoms with van der Waals surface area (Å²) in [5, 5.41) is 2.90. The molecule has 3 amide bonds. The molecule has 2 bridgehead atoms. The summed E-state index contributed by atoms with van der Waals surface area (Å²) in [6.45, 7) is 8.00. The van der Waals surface area contributed by atoms with Crippen molar-refractivity contribution in [3.05, 3.63) is 23.9 Å². The molecule has 4 fully saturated rings. The predicted molar refractivity (Wildman–Crippen MR) is 211 cm³/mol. The number of carbonyl (C=O) groups excluding carboxylic acids is 4. The lowest BCUT2D eigenvalue weighted by molar-refractivity contribution is -0.145. The van der Waals surface area contributed by atoms with Crippen LogP contribution in [0.2, 0.25) is 0 Å². The number of amides is 3. The van der Waals surface area contributed by atoms with Crippen LogP contribution in [-0.2, 0) is 35.1 Å². The van der Waals surface area contributed by atoms with Crippen molar-refractivity contribution in [3.63, 3.8) is 0 Å². The Bertz CT molecular complexity index is 2160. The van der Waals surface area contributed by atoms with E-state index in [9.17, 15) is 36.4 Å². The monoisotopic (exact) mass is 865 g/mol. The Morgan fingerprint density at radius 3 is 2.42 bits per heavy atom. The molecular formula is C42H55F4N5O8S. The number of aromatic nitrogens is 2. The number of Topliss-reactive ketones (excluding diaryl/α,β-unsaturated/α-hetero) is 1. The van der Waals surface area contributed by atoms with Gasteiger partial charge in [0.15, 0.2) is 11.5 Å². The van der Waals surface area contributed by atoms with Gasteiger partial charge in [-0.2, -0.15) is 8.78 Å². The maximum atomic E-state index is 16.4. The first-order valence-electron chi connectivity index (χ1n) is 20.9. The molecule has 0 radical (unpaired) electrons. The topological polar surface area (TPSA) is 174 Å². The Hall–Kier alpha value is -4.09. The summed E-state index contributed by atoms with van der Waals surface area (Å²) in [5.74, 6) is -9.12. The fourth-order valence-electron chi connectivity index (χ4n) is 9.21. The molecule has 3 saturated carbocycles. The van der Waals surface area contributed by atoms with E-state index in [0.717, 1.165) is 6.42 Å². The van der Waals surface area contributed by atoms with Gasteiger partial charge in [-0.15, -0.1) is 0 Å². The van der Waals surface area contributed by atoms with Crippen molar-refractivity contribution in [2.45, 2.75) is 141 Å². The van der Waals surface area contributed by atoms with E-state index in [-0.39, 0.29) is 67.4 Å². The summed E-state index contributed by atoms with van der Waals surface area (Å²) in [5.41, 5.74) is -3.37. The first-order chi connectivity index (χ1) is 28.0. The number of ether oxygens (including phenoxy) is 2. The summed E-state index contributed by atoms with van der Waals surface area (Å²) < 4.78 is 100. The lowest BCUT2D eigenvalue weighted by Gasteiger charge is -2.36. The third kappa shape index (κ3) is 8.42. The van der Waals surface area contributed by atoms with Gasteiger partial charge in [-0.25, -0.2) is 27.2 Å². The molecule has 2 aliphatic heterocycles. The standard InChI is InChI=1S/C42H55F4N5O8S/c1-7-25-30-21-51(32(25)29(52)20-41(19-26(41)35(43)44)38(55)50-60(56,57)40(5)14-15-40)37(54)34(39(2,3)4)49-31(53)17-23-16-22(23)10-8-9-13-42(45,46)33-36(59-30)48-28-18-24(58-6)11-12-27(28)47-33/h11-12,18,22-23,25-26,30,32,34-35H,7-10,13-17,19-21H2,1-6H3,(H,49,53)(H,50,55)/t22-,23+,25-,26+,30+,32+,34-,41-/m1/s1. The fraction of sp³-hybridized carbons (Fsp3) is 0.714. The van der Waals surface area contributed by atoms with E-state index in [0.29, 0.717) is 18.6 Å². The third-order valence-corrected chi connectivity index (χ3v) is 15.7. The van der Waals surface area contributed by atoms with Gasteiger partial charge in [0.25, 0.3) is 5.92 Å². The van der Waals surface area contributed by atoms with Crippen LogP contribution in [0.1, 0.15) is 111 Å². The van der Waals surface area contributed by atoms with Crippen LogP contribution in [0.25, 0.3) is 11.0 Å². The van der Waals surface area contributed by atoms with Crippen molar-refractivity contribution in [1.82, 2.24) is 24.9 Å². The number of hydrogen-bond acceptors (Lipinski definition) is 10. The molecule has 1 aromatic carbocycles. The van der Waals surface area contributed by atoms with Gasteiger partial charge < -0.3 is 19.7 Å². The van der Waals surface area contributed by atoms with Crippen molar-refractivity contribution in [2.75, 3.05) is 13.7 Å². The SMILES string of the molecule is CC[C@@H]1[C@@H]2CN(C(=O)[C@H](C(C)(C)C)NC(=O)C[C@@H]3C[C@H]3CCCCC(F)(F)c3nc4ccc(OC)cc4nc3O2)[C@@H]1C(=O)C[C@]1(C(=O)NS(=O)(=O)C2(C)CC2)C[C@H]1C(F)F. The number of ketones is 1. The molecule has 7 rings (SSSR count). The highest BCUT2D eigenvalue weighted by atomic mass is 32.2. The summed E-state index contributed by atoms with van der Waals surface area (Å²) in [7, 11) is -2.83. The number of methoxy groups -OCH3 is 1. The molecule has 1 aromatic heterocycles. The van der Waals surface area contributed by atoms with Crippen molar-refractivity contribution >= 4 is 44.6 Å². The molecule has 3 heterocycles. The quantitative estimate of drug-likeness (QED) is 0.282. The molecule has 60 heavy (non-hydrogen) atoms. The Balaban J connectivity index is 1.30. The van der Waals surface area contributed by atoms with Gasteiger partial charge in [0.05, 0.1) is 40.9 Å². The number of carbonyl (C=O) groups is 4. The fourth-order valence-corrected chi connectivity index (χ4v) is 10.5. The Kier molecular flexibility index (Phi) is 11.5. The van der Waals surface area contributed by atoms with E-state index in [1.807, 2.05) is 4.72 Å². The van der Waals surface area contributed by atoms with E-state index in [2.05, 4.69) is 15.3 Å². The zero-order chi connectivity index (χ0) is 43.7. The highest BCUT2D eigenvalue weighted by Crippen LogP contribution is 2.59. The lowest BCUT2D eigenvalue weighted by atomic mass is 9.83. The number of benzene rings is 1. The van der Waals surface area contributed by atoms with Gasteiger partial charge >= 0.3 is 0 Å². The van der Waals surface area contributed by atoms with Gasteiger partial charge in [-0.1, -0.05) is 40.5 Å². The molecule has 2 N–H and O–H groups in total. The smallest absolute Gasteiger partial charge is 0.295 e. The summed E-state index contributed by atoms with van der Waals surface area (Å²) >= 11 is 0. The van der Waals surface area contributed by atoms with Crippen LogP contribution in [-0.4, -0.2) is 89.8 Å². The number of hydrogen-bond donors (Lipinski definition) is 2. The Morgan fingerprint density at radius 1 is 1.08 bits per heavy atom. The number of fused-ring (bicyclic) bond motifs is 5. The summed E-state index contributed by atoms with van der Waals surface area (Å²) in [6, 6.07) is 1.95. The molecule has 18 heteroatoms. The second-order valence-corrected chi connectivity index (χ2v) is 21.2. The number of sulfonamides is 1. The maximum Gasteiger partial charge on any atom is 0.295 e. The first kappa shape index (κ1) is 44.0. The van der Waals surface area contributed by atoms with Gasteiger partial charge in [-0.05, 0) is 74.8 Å². The molecule has 5 aliphatic rings. The number of nitrogens with one attached hydrogen (secondary N) is 2. The van der Waals surface area contributed by atoms with E-state index in [1.54, 1.807) is 33.8 Å². The van der Waals surface area contributed by atoms with E-state index < -0.39 is 116 Å². The number of halogens is 4. The van der Waals surface area contributed by atoms with Crippen LogP contribution < -0.4 is 19.5 Å². The molecule has 8 atom stereocenters. The Morgan fingerprint density at radius 2 is 1.80 bits per heavy atom. The third-order valence-electron chi connectivity index (χ3n) is 13.6. The predicted octanol–water partition coefficient (Wildman–Crippen LogP) is 6.07. The second-order valence-electron chi connectivity index (χ2n) is 19.0. The average molecular weight is 866 g/mol. The molecule has 330 valence electrons. The van der Waals surface area contributed by atoms with Crippen LogP contribution in [0.5, 0.6) is 11.6 Å². The van der Waals surface area contributed by atoms with Crippen molar-refractivity contribution in [1.29, 1.82) is 0 Å². The zero-order valence-electron chi connectivity index (χ0n) is 34.9. The van der Waals surface area contributed by atoms with Gasteiger partial charge in [0.2, 0.25) is 40.1 Å². The zero-order valence-corrected chi connectivity index (χ0v) is 35.7. The van der Waals surface area contributed by atoms with Crippen LogP contribution in [0.3, 0.4) is 0 Å². The minimum Gasteiger partial charge on any atom is -0.497 e. The van der Waals surface area contributed by atoms with Crippen molar-refractivity contribution in [2.24, 2.45) is 34.5 Å². The van der Waals surface area contributed by atoms with Crippen LogP contribution in [0.4, 0.5) is 17.6 Å². The highest BCUT2D eigenvalue weighted by molar-refractivity contribution is 7.91. The van der Waals surface area contributed by atoms with E-state index >= 15 is 8.78 Å². The lowest BCUT2D eigenvalue weighted by Crippen LogP contribution is -2.57. The summed E-state index contributed by atoms with van der Waals surface area (Å²) in [4.78, 5) is 67.0. The maximum absolute atomic E-state index is 16.4. The van der Waals surface area contributed by atoms with E-state index in [1.165, 1.54) is 31.1 Å². The van der Waals surface area contributed by atoms with Crippen LogP contribution in [0, 0.1) is 34.5 Å². The largest absolute Gasteiger partial charge is 0.497 e. The molecule has 3 aliphatic carbocycles. The van der Waals surface area contributed by atoms with Crippen molar-refractivity contribution in [3.8, 4) is 11.6 Å². The van der Waals surface area contributed by atoms with Gasteiger partial charge in [0, 0.05) is 37.2 Å². The first-order valence-corrected chi connectivity index (χ1v) is 22.4. The molecule has 0 spiro atoms. The number of rotatable bonds is 9. The summed E-state index contributed by atoms with van der Waals surface area (Å²) in [6.07, 6.45) is -3.27. The molecule has 2 aromatic rings. The Labute approximate surface area is 347 Å². The molecule has 0 unspecified atom stereocenters. The average Bonchev–Trinajstić information content (AvgIpc) is 4.12. The van der Waals surface area contributed by atoms with Crippen molar-refractivity contribution < 1.29 is 54.6 Å². The highest BCUT2D eigenvalue weighted by Gasteiger charge is 2.67. The van der Waals surface area contributed by atoms with Crippen LogP contribution >= 0.6 is 0 Å². The number of alkyl halides is 4. The second kappa shape index (κ2) is 15.7. The van der Waals surface area contributed by atoms with Gasteiger partial charge in [0.1, 0.15) is 17.9 Å².